The smallest absolute Gasteiger partial charge is 0.125 e. The molecule has 0 aliphatic rings. The monoisotopic (exact) mass is 301 g/mol. The Bertz CT molecular complexity index is 1010. The number of benzene rings is 3. The maximum absolute atomic E-state index is 10.5. The van der Waals surface area contributed by atoms with Gasteiger partial charge >= 0.3 is 0 Å². The van der Waals surface area contributed by atoms with Crippen LogP contribution in [-0.4, -0.2) is 9.67 Å². The number of fused-ring (bicyclic) bond motifs is 3. The van der Waals surface area contributed by atoms with Crippen LogP contribution in [0.3, 0.4) is 0 Å². The summed E-state index contributed by atoms with van der Waals surface area (Å²) in [5.74, 6) is 0.367. The minimum atomic E-state index is 0.367. The van der Waals surface area contributed by atoms with E-state index in [9.17, 15) is 5.11 Å². The molecule has 2 heteroatoms. The third kappa shape index (κ3) is 2.10. The zero-order valence-electron chi connectivity index (χ0n) is 13.4. The summed E-state index contributed by atoms with van der Waals surface area (Å²) in [6, 6.07) is 20.6. The highest BCUT2D eigenvalue weighted by Crippen LogP contribution is 2.38. The van der Waals surface area contributed by atoms with Crippen LogP contribution < -0.4 is 0 Å². The average molecular weight is 301 g/mol. The highest BCUT2D eigenvalue weighted by atomic mass is 16.3. The van der Waals surface area contributed by atoms with Crippen molar-refractivity contribution in [3.63, 3.8) is 0 Å². The molecule has 0 aliphatic heterocycles. The molecule has 2 nitrogen and oxygen atoms in total. The molecule has 1 N–H and O–H groups in total. The van der Waals surface area contributed by atoms with Crippen LogP contribution in [0.25, 0.3) is 21.8 Å². The van der Waals surface area contributed by atoms with E-state index in [1.54, 1.807) is 0 Å². The summed E-state index contributed by atoms with van der Waals surface area (Å²) >= 11 is 0. The zero-order valence-corrected chi connectivity index (χ0v) is 13.4. The lowest BCUT2D eigenvalue weighted by Gasteiger charge is -2.11. The van der Waals surface area contributed by atoms with Gasteiger partial charge in [-0.2, -0.15) is 0 Å². The Labute approximate surface area is 135 Å². The van der Waals surface area contributed by atoms with Crippen LogP contribution in [-0.2, 0) is 6.54 Å². The van der Waals surface area contributed by atoms with Gasteiger partial charge in [0.05, 0.1) is 5.52 Å². The first-order chi connectivity index (χ1) is 11.2. The summed E-state index contributed by atoms with van der Waals surface area (Å²) in [6.07, 6.45) is 0. The summed E-state index contributed by atoms with van der Waals surface area (Å²) in [4.78, 5) is 0. The summed E-state index contributed by atoms with van der Waals surface area (Å²) in [6.45, 7) is 4.99. The molecule has 4 rings (SSSR count). The van der Waals surface area contributed by atoms with E-state index in [1.165, 1.54) is 11.1 Å². The van der Waals surface area contributed by atoms with Gasteiger partial charge in [-0.15, -0.1) is 0 Å². The Balaban J connectivity index is 2.11. The van der Waals surface area contributed by atoms with Crippen LogP contribution in [0.4, 0.5) is 0 Å². The number of phenols is 1. The fraction of sp³-hybridized carbons (Fsp3) is 0.143. The van der Waals surface area contributed by atoms with E-state index in [1.807, 2.05) is 18.2 Å². The quantitative estimate of drug-likeness (QED) is 0.543. The summed E-state index contributed by atoms with van der Waals surface area (Å²) in [5, 5.41) is 12.6. The average Bonchev–Trinajstić information content (AvgIpc) is 2.89. The lowest BCUT2D eigenvalue weighted by molar-refractivity contribution is 0.481. The maximum atomic E-state index is 10.5. The van der Waals surface area contributed by atoms with E-state index < -0.39 is 0 Å². The summed E-state index contributed by atoms with van der Waals surface area (Å²) < 4.78 is 2.32. The van der Waals surface area contributed by atoms with E-state index in [4.69, 9.17) is 0 Å². The molecule has 114 valence electrons. The molecule has 23 heavy (non-hydrogen) atoms. The van der Waals surface area contributed by atoms with Gasteiger partial charge in [-0.1, -0.05) is 48.5 Å². The lowest BCUT2D eigenvalue weighted by atomic mass is 10.0. The summed E-state index contributed by atoms with van der Waals surface area (Å²) in [5.41, 5.74) is 5.90. The van der Waals surface area contributed by atoms with E-state index >= 15 is 0 Å². The second-order valence-corrected chi connectivity index (χ2v) is 6.15. The van der Waals surface area contributed by atoms with Crippen molar-refractivity contribution in [1.29, 1.82) is 0 Å². The number of nitrogens with zero attached hydrogens (tertiary/aromatic N) is 1. The first-order valence-electron chi connectivity index (χ1n) is 7.91. The standard InChI is InChI=1S/C21H19NO/c1-14-12-19(23)20-17-10-6-7-11-18(17)22(21(20)15(14)2)13-16-8-4-3-5-9-16/h3-12,23H,13H2,1-2H3. The topological polar surface area (TPSA) is 25.2 Å². The summed E-state index contributed by atoms with van der Waals surface area (Å²) in [7, 11) is 0. The van der Waals surface area contributed by atoms with Crippen molar-refractivity contribution in [2.45, 2.75) is 20.4 Å². The van der Waals surface area contributed by atoms with Crippen molar-refractivity contribution in [2.24, 2.45) is 0 Å². The number of rotatable bonds is 2. The molecule has 0 unspecified atom stereocenters. The van der Waals surface area contributed by atoms with Crippen LogP contribution in [0.1, 0.15) is 16.7 Å². The fourth-order valence-electron chi connectivity index (χ4n) is 3.46. The molecule has 0 fully saturated rings. The third-order valence-corrected chi connectivity index (χ3v) is 4.71. The number of aromatic hydroxyl groups is 1. The van der Waals surface area contributed by atoms with Crippen molar-refractivity contribution in [3.05, 3.63) is 77.4 Å². The predicted octanol–water partition coefficient (Wildman–Crippen LogP) is 5.17. The molecular formula is C21H19NO. The molecule has 3 aromatic carbocycles. The van der Waals surface area contributed by atoms with Gasteiger partial charge in [0.1, 0.15) is 5.75 Å². The van der Waals surface area contributed by atoms with Gasteiger partial charge in [0, 0.05) is 22.8 Å². The number of phenolic OH excluding ortho intramolecular Hbond substituents is 1. The molecule has 0 bridgehead atoms. The molecular weight excluding hydrogens is 282 g/mol. The minimum absolute atomic E-state index is 0.367. The fourth-order valence-corrected chi connectivity index (χ4v) is 3.46. The molecule has 4 aromatic rings. The number of aryl methyl sites for hydroxylation is 2. The van der Waals surface area contributed by atoms with E-state index in [0.29, 0.717) is 5.75 Å². The Morgan fingerprint density at radius 2 is 1.61 bits per heavy atom. The first-order valence-corrected chi connectivity index (χ1v) is 7.91. The normalized spacial score (nSPS) is 11.4. The van der Waals surface area contributed by atoms with Gasteiger partial charge < -0.3 is 9.67 Å². The maximum Gasteiger partial charge on any atom is 0.125 e. The van der Waals surface area contributed by atoms with Gasteiger partial charge in [-0.3, -0.25) is 0 Å². The molecule has 0 saturated carbocycles. The second-order valence-electron chi connectivity index (χ2n) is 6.15. The van der Waals surface area contributed by atoms with Crippen LogP contribution in [0.5, 0.6) is 5.75 Å². The van der Waals surface area contributed by atoms with Crippen LogP contribution in [0.2, 0.25) is 0 Å². The molecule has 0 aliphatic carbocycles. The second kappa shape index (κ2) is 5.17. The van der Waals surface area contributed by atoms with Gasteiger partial charge in [0.25, 0.3) is 0 Å². The number of hydrogen-bond acceptors (Lipinski definition) is 1. The first kappa shape index (κ1) is 13.9. The third-order valence-electron chi connectivity index (χ3n) is 4.71. The van der Waals surface area contributed by atoms with E-state index in [0.717, 1.165) is 33.9 Å². The van der Waals surface area contributed by atoms with Crippen LogP contribution >= 0.6 is 0 Å². The van der Waals surface area contributed by atoms with Gasteiger partial charge in [0.15, 0.2) is 0 Å². The molecule has 0 radical (unpaired) electrons. The number of para-hydroxylation sites is 1. The Morgan fingerprint density at radius 3 is 2.39 bits per heavy atom. The highest BCUT2D eigenvalue weighted by Gasteiger charge is 2.17. The minimum Gasteiger partial charge on any atom is -0.507 e. The van der Waals surface area contributed by atoms with E-state index in [2.05, 4.69) is 60.9 Å². The van der Waals surface area contributed by atoms with Gasteiger partial charge in [-0.25, -0.2) is 0 Å². The van der Waals surface area contributed by atoms with Crippen molar-refractivity contribution in [2.75, 3.05) is 0 Å². The number of aromatic nitrogens is 1. The van der Waals surface area contributed by atoms with Crippen LogP contribution in [0.15, 0.2) is 60.7 Å². The Morgan fingerprint density at radius 1 is 0.913 bits per heavy atom. The highest BCUT2D eigenvalue weighted by molar-refractivity contribution is 6.12. The predicted molar refractivity (Wildman–Crippen MR) is 96.1 cm³/mol. The molecule has 1 heterocycles. The van der Waals surface area contributed by atoms with Crippen molar-refractivity contribution >= 4 is 21.8 Å². The molecule has 0 saturated heterocycles. The molecule has 1 aromatic heterocycles. The lowest BCUT2D eigenvalue weighted by Crippen LogP contribution is -2.01. The largest absolute Gasteiger partial charge is 0.507 e. The van der Waals surface area contributed by atoms with Crippen molar-refractivity contribution < 1.29 is 5.11 Å². The van der Waals surface area contributed by atoms with Crippen LogP contribution in [0, 0.1) is 13.8 Å². The Hall–Kier alpha value is -2.74. The molecule has 0 amide bonds. The number of hydrogen-bond donors (Lipinski definition) is 1. The van der Waals surface area contributed by atoms with Gasteiger partial charge in [-0.05, 0) is 42.7 Å². The Kier molecular flexibility index (Phi) is 3.12. The molecule has 0 spiro atoms. The SMILES string of the molecule is Cc1cc(O)c2c3ccccc3n(Cc3ccccc3)c2c1C. The zero-order chi connectivity index (χ0) is 16.0. The van der Waals surface area contributed by atoms with Crippen molar-refractivity contribution in [1.82, 2.24) is 4.57 Å². The van der Waals surface area contributed by atoms with E-state index in [-0.39, 0.29) is 0 Å². The van der Waals surface area contributed by atoms with Crippen molar-refractivity contribution in [3.8, 4) is 5.75 Å². The molecule has 0 atom stereocenters. The van der Waals surface area contributed by atoms with Gasteiger partial charge in [0.2, 0.25) is 0 Å².